The van der Waals surface area contributed by atoms with Gasteiger partial charge in [0.05, 0.1) is 11.1 Å². The Morgan fingerprint density at radius 3 is 2.28 bits per heavy atom. The van der Waals surface area contributed by atoms with Crippen LogP contribution in [-0.2, 0) is 16.6 Å². The average molecular weight is 436 g/mol. The molecule has 0 aromatic heterocycles. The lowest BCUT2D eigenvalue weighted by molar-refractivity contribution is 0.0618. The first-order valence-electron chi connectivity index (χ1n) is 9.88. The summed E-state index contributed by atoms with van der Waals surface area (Å²) in [6, 6.07) is 16.8. The summed E-state index contributed by atoms with van der Waals surface area (Å²) in [5.41, 5.74) is 1.23. The smallest absolute Gasteiger partial charge is 0.244 e. The first kappa shape index (κ1) is 20.8. The van der Waals surface area contributed by atoms with Gasteiger partial charge in [0.25, 0.3) is 0 Å². The van der Waals surface area contributed by atoms with E-state index >= 15 is 0 Å². The minimum Gasteiger partial charge on any atom is -0.390 e. The van der Waals surface area contributed by atoms with Crippen molar-refractivity contribution in [2.45, 2.75) is 23.6 Å². The normalized spacial score (nSPS) is 24.8. The minimum absolute atomic E-state index is 0.0314. The van der Waals surface area contributed by atoms with Gasteiger partial charge in [-0.15, -0.1) is 0 Å². The molecule has 8 heteroatoms. The zero-order valence-corrected chi connectivity index (χ0v) is 17.8. The van der Waals surface area contributed by atoms with E-state index in [1.807, 2.05) is 18.2 Å². The van der Waals surface area contributed by atoms with Crippen molar-refractivity contribution < 1.29 is 13.5 Å². The number of halogens is 1. The monoisotopic (exact) mass is 435 g/mol. The molecule has 2 saturated heterocycles. The van der Waals surface area contributed by atoms with Gasteiger partial charge < -0.3 is 5.11 Å². The van der Waals surface area contributed by atoms with Gasteiger partial charge in [-0.1, -0.05) is 54.1 Å². The predicted molar refractivity (Wildman–Crippen MR) is 113 cm³/mol. The molecule has 0 bridgehead atoms. The Morgan fingerprint density at radius 1 is 0.931 bits per heavy atom. The third-order valence-corrected chi connectivity index (χ3v) is 8.18. The Morgan fingerprint density at radius 2 is 1.59 bits per heavy atom. The molecule has 29 heavy (non-hydrogen) atoms. The largest absolute Gasteiger partial charge is 0.390 e. The second-order valence-corrected chi connectivity index (χ2v) is 10.00. The molecule has 0 amide bonds. The molecule has 2 aliphatic heterocycles. The Hall–Kier alpha value is -1.48. The molecule has 156 valence electrons. The number of hydrogen-bond acceptors (Lipinski definition) is 5. The first-order chi connectivity index (χ1) is 13.9. The molecule has 6 nitrogen and oxygen atoms in total. The molecular formula is C21H26ClN3O3S. The summed E-state index contributed by atoms with van der Waals surface area (Å²) in [6.45, 7) is 4.24. The van der Waals surface area contributed by atoms with E-state index < -0.39 is 16.1 Å². The van der Waals surface area contributed by atoms with Crippen LogP contribution in [0.15, 0.2) is 59.5 Å². The second kappa shape index (κ2) is 8.71. The van der Waals surface area contributed by atoms with E-state index in [4.69, 9.17) is 11.6 Å². The molecular weight excluding hydrogens is 410 g/mol. The molecule has 0 unspecified atom stereocenters. The third kappa shape index (κ3) is 4.50. The van der Waals surface area contributed by atoms with E-state index in [9.17, 15) is 13.5 Å². The van der Waals surface area contributed by atoms with Gasteiger partial charge in [-0.05, 0) is 17.7 Å². The highest BCUT2D eigenvalue weighted by Gasteiger charge is 2.38. The molecule has 0 radical (unpaired) electrons. The van der Waals surface area contributed by atoms with Crippen molar-refractivity contribution in [3.63, 3.8) is 0 Å². The van der Waals surface area contributed by atoms with E-state index in [-0.39, 0.29) is 16.0 Å². The topological polar surface area (TPSA) is 64.1 Å². The fourth-order valence-corrected chi connectivity index (χ4v) is 6.16. The van der Waals surface area contributed by atoms with Crippen LogP contribution in [0.4, 0.5) is 0 Å². The number of β-amino-alcohol motifs (C(OH)–C–C–N with tert-alkyl or cyclic N) is 1. The van der Waals surface area contributed by atoms with Crippen molar-refractivity contribution in [3.05, 3.63) is 65.2 Å². The second-order valence-electron chi connectivity index (χ2n) is 7.68. The third-order valence-electron chi connectivity index (χ3n) is 5.78. The highest BCUT2D eigenvalue weighted by atomic mass is 35.5. The number of aliphatic hydroxyl groups excluding tert-OH is 1. The highest BCUT2D eigenvalue weighted by molar-refractivity contribution is 7.89. The SMILES string of the molecule is O=S(=O)(c1ccccc1Cl)N1CCN([C@@H]2CN(Cc3ccccc3)C[C@H]2O)CC1. The molecule has 0 spiro atoms. The minimum atomic E-state index is -3.60. The predicted octanol–water partition coefficient (Wildman–Crippen LogP) is 1.89. The maximum Gasteiger partial charge on any atom is 0.244 e. The summed E-state index contributed by atoms with van der Waals surface area (Å²) >= 11 is 6.11. The lowest BCUT2D eigenvalue weighted by Gasteiger charge is -2.38. The number of sulfonamides is 1. The van der Waals surface area contributed by atoms with Gasteiger partial charge in [-0.3, -0.25) is 9.80 Å². The maximum absolute atomic E-state index is 12.9. The molecule has 2 aromatic carbocycles. The summed E-state index contributed by atoms with van der Waals surface area (Å²) in [5.74, 6) is 0. The van der Waals surface area contributed by atoms with E-state index in [2.05, 4.69) is 21.9 Å². The van der Waals surface area contributed by atoms with Crippen LogP contribution < -0.4 is 0 Å². The van der Waals surface area contributed by atoms with Crippen LogP contribution in [0.25, 0.3) is 0 Å². The lowest BCUT2D eigenvalue weighted by atomic mass is 10.1. The quantitative estimate of drug-likeness (QED) is 0.777. The van der Waals surface area contributed by atoms with Crippen molar-refractivity contribution in [3.8, 4) is 0 Å². The van der Waals surface area contributed by atoms with Gasteiger partial charge in [0.1, 0.15) is 4.90 Å². The van der Waals surface area contributed by atoms with E-state index in [1.54, 1.807) is 24.3 Å². The summed E-state index contributed by atoms with van der Waals surface area (Å²) in [5, 5.41) is 10.8. The van der Waals surface area contributed by atoms with E-state index in [0.29, 0.717) is 32.7 Å². The number of rotatable bonds is 5. The summed E-state index contributed by atoms with van der Waals surface area (Å²) < 4.78 is 27.3. The molecule has 1 N–H and O–H groups in total. The van der Waals surface area contributed by atoms with Gasteiger partial charge in [-0.25, -0.2) is 8.42 Å². The molecule has 2 aliphatic rings. The molecule has 2 fully saturated rings. The number of likely N-dealkylation sites (tertiary alicyclic amines) is 1. The number of aliphatic hydroxyl groups is 1. The van der Waals surface area contributed by atoms with Gasteiger partial charge in [0, 0.05) is 51.9 Å². The number of piperazine rings is 1. The van der Waals surface area contributed by atoms with Crippen molar-refractivity contribution in [2.75, 3.05) is 39.3 Å². The zero-order chi connectivity index (χ0) is 20.4. The van der Waals surface area contributed by atoms with Crippen LogP contribution in [0.3, 0.4) is 0 Å². The van der Waals surface area contributed by atoms with Crippen LogP contribution in [0.1, 0.15) is 5.56 Å². The number of hydrogen-bond donors (Lipinski definition) is 1. The number of benzene rings is 2. The summed E-state index contributed by atoms with van der Waals surface area (Å²) in [4.78, 5) is 4.64. The lowest BCUT2D eigenvalue weighted by Crippen LogP contribution is -2.54. The van der Waals surface area contributed by atoms with E-state index in [0.717, 1.165) is 13.1 Å². The van der Waals surface area contributed by atoms with Gasteiger partial charge >= 0.3 is 0 Å². The van der Waals surface area contributed by atoms with Crippen LogP contribution in [0.2, 0.25) is 5.02 Å². The maximum atomic E-state index is 12.9. The molecule has 2 aromatic rings. The molecule has 2 atom stereocenters. The van der Waals surface area contributed by atoms with Crippen LogP contribution in [-0.4, -0.2) is 79.0 Å². The molecule has 0 aliphatic carbocycles. The van der Waals surface area contributed by atoms with Crippen molar-refractivity contribution in [1.29, 1.82) is 0 Å². The van der Waals surface area contributed by atoms with Crippen LogP contribution >= 0.6 is 11.6 Å². The fraction of sp³-hybridized carbons (Fsp3) is 0.429. The van der Waals surface area contributed by atoms with E-state index in [1.165, 1.54) is 9.87 Å². The molecule has 4 rings (SSSR count). The summed E-state index contributed by atoms with van der Waals surface area (Å²) in [6.07, 6.45) is -0.426. The highest BCUT2D eigenvalue weighted by Crippen LogP contribution is 2.26. The Labute approximate surface area is 177 Å². The molecule has 0 saturated carbocycles. The van der Waals surface area contributed by atoms with Gasteiger partial charge in [0.2, 0.25) is 10.0 Å². The van der Waals surface area contributed by atoms with Gasteiger partial charge in [0.15, 0.2) is 0 Å². The van der Waals surface area contributed by atoms with Crippen LogP contribution in [0, 0.1) is 0 Å². The Kier molecular flexibility index (Phi) is 6.24. The average Bonchev–Trinajstić information content (AvgIpc) is 3.09. The molecule has 2 heterocycles. The Balaban J connectivity index is 1.36. The first-order valence-corrected chi connectivity index (χ1v) is 11.7. The standard InChI is InChI=1S/C21H26ClN3O3S/c22-18-8-4-5-9-21(18)29(27,28)25-12-10-24(11-13-25)19-15-23(16-20(19)26)14-17-6-2-1-3-7-17/h1-9,19-20,26H,10-16H2/t19-,20-/m1/s1. The Bertz CT molecular complexity index is 933. The van der Waals surface area contributed by atoms with Crippen molar-refractivity contribution >= 4 is 21.6 Å². The summed E-state index contributed by atoms with van der Waals surface area (Å²) in [7, 11) is -3.60. The van der Waals surface area contributed by atoms with Crippen molar-refractivity contribution in [2.24, 2.45) is 0 Å². The van der Waals surface area contributed by atoms with Gasteiger partial charge in [-0.2, -0.15) is 4.31 Å². The number of nitrogens with zero attached hydrogens (tertiary/aromatic N) is 3. The van der Waals surface area contributed by atoms with Crippen LogP contribution in [0.5, 0.6) is 0 Å². The fourth-order valence-electron chi connectivity index (χ4n) is 4.25. The van der Waals surface area contributed by atoms with Crippen molar-refractivity contribution in [1.82, 2.24) is 14.1 Å². The zero-order valence-electron chi connectivity index (χ0n) is 16.2.